The van der Waals surface area contributed by atoms with Gasteiger partial charge in [0.2, 0.25) is 5.76 Å². The minimum absolute atomic E-state index is 0.131. The van der Waals surface area contributed by atoms with E-state index in [1.165, 1.54) is 20.3 Å². The second kappa shape index (κ2) is 5.80. The van der Waals surface area contributed by atoms with Gasteiger partial charge in [-0.05, 0) is 25.1 Å². The van der Waals surface area contributed by atoms with Crippen LogP contribution in [0, 0.1) is 0 Å². The van der Waals surface area contributed by atoms with Gasteiger partial charge in [-0.25, -0.2) is 4.79 Å². The molecule has 0 aromatic heterocycles. The van der Waals surface area contributed by atoms with E-state index in [2.05, 4.69) is 4.74 Å². The van der Waals surface area contributed by atoms with E-state index in [1.807, 2.05) is 6.07 Å². The van der Waals surface area contributed by atoms with Gasteiger partial charge in [0.25, 0.3) is 0 Å². The Morgan fingerprint density at radius 1 is 1.19 bits per heavy atom. The van der Waals surface area contributed by atoms with Crippen LogP contribution in [0.3, 0.4) is 0 Å². The van der Waals surface area contributed by atoms with Crippen molar-refractivity contribution >= 4 is 5.97 Å². The zero-order valence-electron chi connectivity index (χ0n) is 9.52. The quantitative estimate of drug-likeness (QED) is 0.445. The summed E-state index contributed by atoms with van der Waals surface area (Å²) >= 11 is 0. The molecule has 0 aliphatic heterocycles. The van der Waals surface area contributed by atoms with Crippen molar-refractivity contribution in [2.75, 3.05) is 14.2 Å². The number of allylic oxidation sites excluding steroid dienone is 1. The van der Waals surface area contributed by atoms with Gasteiger partial charge < -0.3 is 14.2 Å². The third kappa shape index (κ3) is 2.76. The molecule has 4 heteroatoms. The number of esters is 1. The van der Waals surface area contributed by atoms with Gasteiger partial charge in [0.15, 0.2) is 11.5 Å². The third-order valence-corrected chi connectivity index (χ3v) is 1.94. The number of benzene rings is 1. The maximum Gasteiger partial charge on any atom is 0.373 e. The Labute approximate surface area is 94.4 Å². The summed E-state index contributed by atoms with van der Waals surface area (Å²) in [7, 11) is 2.84. The summed E-state index contributed by atoms with van der Waals surface area (Å²) in [5, 5.41) is 0. The fourth-order valence-electron chi connectivity index (χ4n) is 1.14. The molecule has 0 saturated carbocycles. The molecule has 0 unspecified atom stereocenters. The average Bonchev–Trinajstić information content (AvgIpc) is 2.35. The molecule has 0 aliphatic rings. The average molecular weight is 222 g/mol. The van der Waals surface area contributed by atoms with Gasteiger partial charge in [-0.3, -0.25) is 0 Å². The number of ether oxygens (including phenoxy) is 3. The largest absolute Gasteiger partial charge is 0.493 e. The smallest absolute Gasteiger partial charge is 0.373 e. The summed E-state index contributed by atoms with van der Waals surface area (Å²) in [4.78, 5) is 11.3. The van der Waals surface area contributed by atoms with Gasteiger partial charge in [-0.2, -0.15) is 0 Å². The summed E-state index contributed by atoms with van der Waals surface area (Å²) in [5.41, 5.74) is 0. The van der Waals surface area contributed by atoms with Gasteiger partial charge in [-0.15, -0.1) is 0 Å². The lowest BCUT2D eigenvalue weighted by Crippen LogP contribution is -2.10. The first-order chi connectivity index (χ1) is 7.72. The summed E-state index contributed by atoms with van der Waals surface area (Å²) in [6, 6.07) is 7.08. The van der Waals surface area contributed by atoms with Crippen molar-refractivity contribution in [3.05, 3.63) is 36.1 Å². The van der Waals surface area contributed by atoms with Crippen LogP contribution in [-0.2, 0) is 9.53 Å². The molecular weight excluding hydrogens is 208 g/mol. The van der Waals surface area contributed by atoms with E-state index in [0.717, 1.165) is 0 Å². The zero-order chi connectivity index (χ0) is 12.0. The van der Waals surface area contributed by atoms with Crippen LogP contribution in [0.1, 0.15) is 6.92 Å². The number of carbonyl (C=O) groups is 1. The molecular formula is C12H14O4. The van der Waals surface area contributed by atoms with E-state index in [0.29, 0.717) is 11.5 Å². The Morgan fingerprint density at radius 2 is 1.81 bits per heavy atom. The molecule has 1 rings (SSSR count). The Kier molecular flexibility index (Phi) is 4.39. The molecule has 16 heavy (non-hydrogen) atoms. The summed E-state index contributed by atoms with van der Waals surface area (Å²) in [6.45, 7) is 1.70. The second-order valence-electron chi connectivity index (χ2n) is 2.90. The van der Waals surface area contributed by atoms with Crippen LogP contribution >= 0.6 is 0 Å². The van der Waals surface area contributed by atoms with Crippen molar-refractivity contribution in [3.63, 3.8) is 0 Å². The van der Waals surface area contributed by atoms with Crippen LogP contribution in [0.4, 0.5) is 0 Å². The molecule has 1 aromatic rings. The lowest BCUT2D eigenvalue weighted by atomic mass is 10.3. The molecule has 0 aliphatic carbocycles. The molecule has 86 valence electrons. The van der Waals surface area contributed by atoms with E-state index in [1.54, 1.807) is 25.1 Å². The van der Waals surface area contributed by atoms with E-state index in [4.69, 9.17) is 9.47 Å². The Balaban J connectivity index is 2.90. The first-order valence-corrected chi connectivity index (χ1v) is 4.78. The topological polar surface area (TPSA) is 44.8 Å². The number of para-hydroxylation sites is 2. The third-order valence-electron chi connectivity index (χ3n) is 1.94. The number of carbonyl (C=O) groups excluding carboxylic acids is 1. The normalized spacial score (nSPS) is 10.8. The van der Waals surface area contributed by atoms with Crippen LogP contribution in [0.25, 0.3) is 0 Å². The molecule has 4 nitrogen and oxygen atoms in total. The first kappa shape index (κ1) is 12.1. The monoisotopic (exact) mass is 222 g/mol. The molecule has 0 fully saturated rings. The molecule has 0 radical (unpaired) electrons. The highest BCUT2D eigenvalue weighted by molar-refractivity contribution is 5.86. The molecule has 0 atom stereocenters. The predicted octanol–water partition coefficient (Wildman–Crippen LogP) is 2.15. The summed E-state index contributed by atoms with van der Waals surface area (Å²) < 4.78 is 15.1. The van der Waals surface area contributed by atoms with Gasteiger partial charge >= 0.3 is 5.97 Å². The molecule has 0 heterocycles. The number of hydrogen-bond donors (Lipinski definition) is 0. The van der Waals surface area contributed by atoms with E-state index in [-0.39, 0.29) is 5.76 Å². The highest BCUT2D eigenvalue weighted by Gasteiger charge is 2.13. The minimum atomic E-state index is -0.520. The number of rotatable bonds is 4. The summed E-state index contributed by atoms with van der Waals surface area (Å²) in [5.74, 6) is 0.648. The first-order valence-electron chi connectivity index (χ1n) is 4.78. The standard InChI is InChI=1S/C12H14O4/c1-4-9(12(13)15-3)16-11-8-6-5-7-10(11)14-2/h4-8H,1-3H3/b9-4+. The lowest BCUT2D eigenvalue weighted by molar-refractivity contribution is -0.138. The van der Waals surface area contributed by atoms with Crippen molar-refractivity contribution in [1.82, 2.24) is 0 Å². The van der Waals surface area contributed by atoms with Gasteiger partial charge in [0.05, 0.1) is 14.2 Å². The Bertz CT molecular complexity index is 396. The van der Waals surface area contributed by atoms with Crippen molar-refractivity contribution in [3.8, 4) is 11.5 Å². The molecule has 0 N–H and O–H groups in total. The van der Waals surface area contributed by atoms with Crippen LogP contribution in [0.5, 0.6) is 11.5 Å². The number of methoxy groups -OCH3 is 2. The molecule has 0 amide bonds. The second-order valence-corrected chi connectivity index (χ2v) is 2.90. The zero-order valence-corrected chi connectivity index (χ0v) is 9.52. The minimum Gasteiger partial charge on any atom is -0.493 e. The van der Waals surface area contributed by atoms with E-state index >= 15 is 0 Å². The molecule has 1 aromatic carbocycles. The van der Waals surface area contributed by atoms with E-state index < -0.39 is 5.97 Å². The van der Waals surface area contributed by atoms with Crippen molar-refractivity contribution in [2.45, 2.75) is 6.92 Å². The van der Waals surface area contributed by atoms with Crippen molar-refractivity contribution in [1.29, 1.82) is 0 Å². The van der Waals surface area contributed by atoms with Crippen LogP contribution < -0.4 is 9.47 Å². The SMILES string of the molecule is C/C=C(/Oc1ccccc1OC)C(=O)OC. The molecule has 0 saturated heterocycles. The maximum absolute atomic E-state index is 11.3. The summed E-state index contributed by atoms with van der Waals surface area (Å²) in [6.07, 6.45) is 1.54. The lowest BCUT2D eigenvalue weighted by Gasteiger charge is -2.10. The van der Waals surface area contributed by atoms with Gasteiger partial charge in [-0.1, -0.05) is 12.1 Å². The van der Waals surface area contributed by atoms with Crippen molar-refractivity contribution < 1.29 is 19.0 Å². The van der Waals surface area contributed by atoms with Gasteiger partial charge in [0.1, 0.15) is 0 Å². The van der Waals surface area contributed by atoms with Gasteiger partial charge in [0, 0.05) is 0 Å². The highest BCUT2D eigenvalue weighted by atomic mass is 16.6. The molecule has 0 bridgehead atoms. The number of hydrogen-bond acceptors (Lipinski definition) is 4. The van der Waals surface area contributed by atoms with Crippen LogP contribution in [0.2, 0.25) is 0 Å². The predicted molar refractivity (Wildman–Crippen MR) is 59.4 cm³/mol. The fraction of sp³-hybridized carbons (Fsp3) is 0.250. The van der Waals surface area contributed by atoms with Crippen molar-refractivity contribution in [2.24, 2.45) is 0 Å². The van der Waals surface area contributed by atoms with Crippen LogP contribution in [0.15, 0.2) is 36.1 Å². The maximum atomic E-state index is 11.3. The highest BCUT2D eigenvalue weighted by Crippen LogP contribution is 2.27. The Morgan fingerprint density at radius 3 is 2.31 bits per heavy atom. The van der Waals surface area contributed by atoms with Crippen LogP contribution in [-0.4, -0.2) is 20.2 Å². The Hall–Kier alpha value is -1.97. The van der Waals surface area contributed by atoms with E-state index in [9.17, 15) is 4.79 Å². The molecule has 0 spiro atoms. The fourth-order valence-corrected chi connectivity index (χ4v) is 1.14.